The topological polar surface area (TPSA) is 78.0 Å². The van der Waals surface area contributed by atoms with E-state index in [4.69, 9.17) is 9.47 Å². The summed E-state index contributed by atoms with van der Waals surface area (Å²) in [6.45, 7) is 4.30. The van der Waals surface area contributed by atoms with E-state index in [2.05, 4.69) is 35.0 Å². The van der Waals surface area contributed by atoms with Crippen LogP contribution in [-0.2, 0) is 0 Å². The van der Waals surface area contributed by atoms with Crippen molar-refractivity contribution in [3.05, 3.63) is 59.3 Å². The van der Waals surface area contributed by atoms with Crippen LogP contribution in [0.4, 0.5) is 0 Å². The molecule has 2 unspecified atom stereocenters. The van der Waals surface area contributed by atoms with Crippen molar-refractivity contribution in [3.8, 4) is 11.5 Å². The molecule has 0 bridgehead atoms. The number of aliphatic hydroxyl groups is 2. The quantitative estimate of drug-likeness (QED) is 0.595. The van der Waals surface area contributed by atoms with Crippen LogP contribution in [0.1, 0.15) is 48.2 Å². The second-order valence-corrected chi connectivity index (χ2v) is 9.02. The molecule has 31 heavy (non-hydrogen) atoms. The van der Waals surface area contributed by atoms with E-state index >= 15 is 0 Å². The van der Waals surface area contributed by atoms with Gasteiger partial charge < -0.3 is 29.6 Å². The largest absolute Gasteiger partial charge is 0.497 e. The van der Waals surface area contributed by atoms with Gasteiger partial charge in [0.1, 0.15) is 17.1 Å². The third-order valence-corrected chi connectivity index (χ3v) is 6.90. The summed E-state index contributed by atoms with van der Waals surface area (Å²) in [7, 11) is 1.63. The van der Waals surface area contributed by atoms with Crippen molar-refractivity contribution in [2.24, 2.45) is 0 Å². The van der Waals surface area contributed by atoms with Crippen LogP contribution in [0.5, 0.6) is 11.5 Å². The van der Waals surface area contributed by atoms with Gasteiger partial charge in [-0.2, -0.15) is 0 Å². The number of methoxy groups -OCH3 is 1. The van der Waals surface area contributed by atoms with E-state index in [1.54, 1.807) is 7.11 Å². The van der Waals surface area contributed by atoms with Crippen molar-refractivity contribution in [1.82, 2.24) is 9.88 Å². The molecule has 0 aliphatic carbocycles. The molecule has 1 fully saturated rings. The smallest absolute Gasteiger partial charge is 0.129 e. The first kappa shape index (κ1) is 20.4. The number of nitrogens with one attached hydrogen (secondary N) is 1. The lowest BCUT2D eigenvalue weighted by atomic mass is 9.81. The lowest BCUT2D eigenvalue weighted by Crippen LogP contribution is -2.51. The highest BCUT2D eigenvalue weighted by molar-refractivity contribution is 5.84. The van der Waals surface area contributed by atoms with Crippen LogP contribution in [0.3, 0.4) is 0 Å². The zero-order valence-corrected chi connectivity index (χ0v) is 18.1. The van der Waals surface area contributed by atoms with E-state index in [0.717, 1.165) is 59.5 Å². The molecule has 2 atom stereocenters. The maximum Gasteiger partial charge on any atom is 0.129 e. The number of rotatable bonds is 4. The lowest BCUT2D eigenvalue weighted by Gasteiger charge is -2.46. The van der Waals surface area contributed by atoms with E-state index < -0.39 is 12.2 Å². The SMILES string of the molecule is COc1ccc2c(c1)OC1(CCN(CC(O)c3c[nH]c4cc(C)ccc34)CC1)CC2O. The zero-order valence-electron chi connectivity index (χ0n) is 18.1. The van der Waals surface area contributed by atoms with Gasteiger partial charge in [0.15, 0.2) is 0 Å². The molecule has 6 nitrogen and oxygen atoms in total. The number of aryl methyl sites for hydroxylation is 1. The van der Waals surface area contributed by atoms with Gasteiger partial charge >= 0.3 is 0 Å². The minimum Gasteiger partial charge on any atom is -0.497 e. The number of benzene rings is 2. The fourth-order valence-electron chi connectivity index (χ4n) is 5.07. The molecule has 2 aliphatic heterocycles. The number of hydrogen-bond acceptors (Lipinski definition) is 5. The summed E-state index contributed by atoms with van der Waals surface area (Å²) in [5, 5.41) is 22.7. The molecule has 164 valence electrons. The van der Waals surface area contributed by atoms with Crippen molar-refractivity contribution >= 4 is 10.9 Å². The molecule has 0 saturated carbocycles. The Morgan fingerprint density at radius 2 is 2.03 bits per heavy atom. The van der Waals surface area contributed by atoms with Crippen molar-refractivity contribution < 1.29 is 19.7 Å². The molecular formula is C25H30N2O4. The summed E-state index contributed by atoms with van der Waals surface area (Å²) >= 11 is 0. The zero-order chi connectivity index (χ0) is 21.6. The maximum atomic E-state index is 10.9. The number of piperidine rings is 1. The highest BCUT2D eigenvalue weighted by atomic mass is 16.5. The van der Waals surface area contributed by atoms with Crippen LogP contribution in [0, 0.1) is 6.92 Å². The molecular weight excluding hydrogens is 392 g/mol. The Labute approximate surface area is 182 Å². The Balaban J connectivity index is 1.26. The summed E-state index contributed by atoms with van der Waals surface area (Å²) in [5.74, 6) is 1.46. The number of H-pyrrole nitrogens is 1. The number of ether oxygens (including phenoxy) is 2. The van der Waals surface area contributed by atoms with Crippen molar-refractivity contribution in [2.75, 3.05) is 26.7 Å². The molecule has 0 radical (unpaired) electrons. The van der Waals surface area contributed by atoms with Gasteiger partial charge in [-0.1, -0.05) is 12.1 Å². The number of likely N-dealkylation sites (tertiary alicyclic amines) is 1. The van der Waals surface area contributed by atoms with E-state index in [0.29, 0.717) is 13.0 Å². The standard InChI is InChI=1S/C25H30N2O4/c1-16-3-5-18-20(14-26-21(18)11-16)23(29)15-27-9-7-25(8-10-27)13-22(28)19-6-4-17(30-2)12-24(19)31-25/h3-6,11-12,14,22-23,26,28-29H,7-10,13,15H2,1-2H3. The van der Waals surface area contributed by atoms with E-state index in [9.17, 15) is 10.2 Å². The normalized spacial score (nSPS) is 21.6. The fourth-order valence-corrected chi connectivity index (χ4v) is 5.07. The molecule has 0 amide bonds. The molecule has 2 aromatic carbocycles. The summed E-state index contributed by atoms with van der Waals surface area (Å²) in [6.07, 6.45) is 3.09. The molecule has 1 saturated heterocycles. The third kappa shape index (κ3) is 3.80. The van der Waals surface area contributed by atoms with E-state index in [1.807, 2.05) is 24.4 Å². The highest BCUT2D eigenvalue weighted by Gasteiger charge is 2.43. The Kier molecular flexibility index (Phi) is 5.16. The molecule has 5 rings (SSSR count). The lowest BCUT2D eigenvalue weighted by molar-refractivity contribution is -0.0588. The summed E-state index contributed by atoms with van der Waals surface area (Å²) in [5.41, 5.74) is 3.67. The van der Waals surface area contributed by atoms with Gasteiger partial charge in [-0.05, 0) is 43.5 Å². The first-order valence-electron chi connectivity index (χ1n) is 11.0. The molecule has 3 heterocycles. The summed E-state index contributed by atoms with van der Waals surface area (Å²) < 4.78 is 11.8. The van der Waals surface area contributed by atoms with Crippen LogP contribution in [-0.4, -0.2) is 52.4 Å². The third-order valence-electron chi connectivity index (χ3n) is 6.90. The predicted molar refractivity (Wildman–Crippen MR) is 120 cm³/mol. The van der Waals surface area contributed by atoms with Crippen LogP contribution in [0.25, 0.3) is 10.9 Å². The summed E-state index contributed by atoms with van der Waals surface area (Å²) in [4.78, 5) is 5.57. The number of aromatic amines is 1. The number of nitrogens with zero attached hydrogens (tertiary/aromatic N) is 1. The van der Waals surface area contributed by atoms with Gasteiger partial charge in [-0.25, -0.2) is 0 Å². The van der Waals surface area contributed by atoms with Crippen molar-refractivity contribution in [1.29, 1.82) is 0 Å². The van der Waals surface area contributed by atoms with E-state index in [-0.39, 0.29) is 5.60 Å². The van der Waals surface area contributed by atoms with Gasteiger partial charge in [0.05, 0.1) is 19.3 Å². The minimum atomic E-state index is -0.548. The first-order valence-corrected chi connectivity index (χ1v) is 11.0. The molecule has 1 spiro atoms. The number of hydrogen-bond donors (Lipinski definition) is 3. The fraction of sp³-hybridized carbons (Fsp3) is 0.440. The van der Waals surface area contributed by atoms with E-state index in [1.165, 1.54) is 5.56 Å². The number of aromatic nitrogens is 1. The number of fused-ring (bicyclic) bond motifs is 2. The average molecular weight is 423 g/mol. The molecule has 6 heteroatoms. The van der Waals surface area contributed by atoms with Crippen LogP contribution >= 0.6 is 0 Å². The number of aliphatic hydroxyl groups excluding tert-OH is 2. The molecule has 2 aliphatic rings. The van der Waals surface area contributed by atoms with Gasteiger partial charge in [0.25, 0.3) is 0 Å². The Morgan fingerprint density at radius 1 is 1.23 bits per heavy atom. The van der Waals surface area contributed by atoms with Crippen molar-refractivity contribution in [3.63, 3.8) is 0 Å². The van der Waals surface area contributed by atoms with Gasteiger partial charge in [0, 0.05) is 60.3 Å². The number of β-amino-alcohol motifs (C(OH)–C–C–N with tert-alkyl or cyclic N) is 1. The Bertz CT molecular complexity index is 1080. The highest BCUT2D eigenvalue weighted by Crippen LogP contribution is 2.45. The second kappa shape index (κ2) is 7.86. The predicted octanol–water partition coefficient (Wildman–Crippen LogP) is 3.87. The van der Waals surface area contributed by atoms with Crippen molar-refractivity contribution in [2.45, 2.75) is 44.0 Å². The molecule has 3 aromatic rings. The van der Waals surface area contributed by atoms with Crippen LogP contribution < -0.4 is 9.47 Å². The van der Waals surface area contributed by atoms with Gasteiger partial charge in [0.2, 0.25) is 0 Å². The molecule has 3 N–H and O–H groups in total. The minimum absolute atomic E-state index is 0.363. The first-order chi connectivity index (χ1) is 15.0. The van der Waals surface area contributed by atoms with Crippen LogP contribution in [0.15, 0.2) is 42.6 Å². The Hall–Kier alpha value is -2.54. The molecule has 1 aromatic heterocycles. The summed E-state index contributed by atoms with van der Waals surface area (Å²) in [6, 6.07) is 11.9. The average Bonchev–Trinajstić information content (AvgIpc) is 3.18. The van der Waals surface area contributed by atoms with Crippen LogP contribution in [0.2, 0.25) is 0 Å². The second-order valence-electron chi connectivity index (χ2n) is 9.02. The Morgan fingerprint density at radius 3 is 2.81 bits per heavy atom. The van der Waals surface area contributed by atoms with Gasteiger partial charge in [-0.15, -0.1) is 0 Å². The maximum absolute atomic E-state index is 10.9. The monoisotopic (exact) mass is 422 g/mol. The van der Waals surface area contributed by atoms with Gasteiger partial charge in [-0.3, -0.25) is 0 Å².